The highest BCUT2D eigenvalue weighted by Crippen LogP contribution is 2.42. The lowest BCUT2D eigenvalue weighted by atomic mass is 10.1. The zero-order valence-electron chi connectivity index (χ0n) is 77.9. The maximum absolute atomic E-state index is 11.8. The summed E-state index contributed by atoms with van der Waals surface area (Å²) < 4.78 is 87.5. The number of nitro groups is 4. The Bertz CT molecular complexity index is 4670. The number of nitrogens with zero attached hydrogens (tertiary/aromatic N) is 4. The number of hydrogen-bond acceptors (Lipinski definition) is 37. The maximum Gasteiger partial charge on any atom is 0.422 e. The van der Waals surface area contributed by atoms with Crippen LogP contribution in [0.25, 0.3) is 0 Å². The predicted molar refractivity (Wildman–Crippen MR) is 479 cm³/mol. The number of aliphatic hydroxyl groups excluding tert-OH is 1. The molecule has 0 aliphatic carbocycles. The first-order valence-electron chi connectivity index (χ1n) is 41.4. The molecule has 0 heterocycles. The fourth-order valence-electron chi connectivity index (χ4n) is 10.9. The van der Waals surface area contributed by atoms with Crippen LogP contribution in [0.15, 0.2) is 84.9 Å². The Balaban J connectivity index is 0.000000804. The summed E-state index contributed by atoms with van der Waals surface area (Å²) in [6.45, 7) is 25.5. The van der Waals surface area contributed by atoms with Gasteiger partial charge in [-0.25, -0.2) is 10.2 Å². The Morgan fingerprint density at radius 1 is 0.386 bits per heavy atom. The molecule has 0 saturated carbocycles. The lowest BCUT2D eigenvalue weighted by Crippen LogP contribution is -2.42. The molecule has 0 saturated heterocycles. The molecule has 0 aliphatic rings. The van der Waals surface area contributed by atoms with Crippen LogP contribution in [0.3, 0.4) is 0 Å². The van der Waals surface area contributed by atoms with Gasteiger partial charge >= 0.3 is 35.9 Å². The number of phenols is 1. The molecule has 0 aliphatic heterocycles. The van der Waals surface area contributed by atoms with Gasteiger partial charge in [-0.1, -0.05) is 0 Å². The van der Waals surface area contributed by atoms with Crippen molar-refractivity contribution >= 4 is 87.6 Å². The number of esters is 5. The van der Waals surface area contributed by atoms with E-state index in [1.807, 2.05) is 0 Å². The quantitative estimate of drug-likeness (QED) is 0.00524. The number of rotatable bonds is 48. The van der Waals surface area contributed by atoms with Crippen molar-refractivity contribution in [2.45, 2.75) is 184 Å². The van der Waals surface area contributed by atoms with Crippen molar-refractivity contribution in [1.82, 2.24) is 10.9 Å². The number of hydrogen-bond donors (Lipinski definition) is 4. The van der Waals surface area contributed by atoms with Gasteiger partial charge < -0.3 is 90.7 Å². The number of alkyl halides is 1. The van der Waals surface area contributed by atoms with Gasteiger partial charge in [0.2, 0.25) is 0 Å². The summed E-state index contributed by atoms with van der Waals surface area (Å²) in [6.07, 6.45) is 1.56. The van der Waals surface area contributed by atoms with Crippen molar-refractivity contribution in [1.29, 1.82) is 0 Å². The number of carbonyl (C=O) groups is 9. The highest BCUT2D eigenvalue weighted by Gasteiger charge is 2.29. The molecule has 3 atom stereocenters. The first-order valence-corrected chi connectivity index (χ1v) is 41.9. The number of benzene rings is 6. The Hall–Kier alpha value is -13.6. The van der Waals surface area contributed by atoms with Gasteiger partial charge in [0.25, 0.3) is 22.7 Å². The molecule has 3 unspecified atom stereocenters. The number of methoxy groups -OCH3 is 6. The first-order chi connectivity index (χ1) is 62.4. The SMILES string of the molecule is CCOC(=O)CCCOc1cc([N+](=O)[O-])c(C(C)=O)cc1OC.CCOC(=O)CCCOc1cc([N+](=O)[O-])c(C(C)Cl)cc1OC.CCOC(=O)CCCOc1cc([N+](=O)[O-])c(C(C)NNC(=O)OC(C)(C)C)cc1OC.CCOC(=O)CCCOc1cc([N+](=O)[O-])c(C(C)O)cc1OC.CCOC(=O)CCCOc1ccc(C(C)=O)cc1OC.COc1cc(C(C)=O)ccc1O. The fourth-order valence-corrected chi connectivity index (χ4v) is 11.0. The number of amides is 1. The number of carbonyl (C=O) groups excluding carboxylic acids is 9. The zero-order valence-corrected chi connectivity index (χ0v) is 78.7. The van der Waals surface area contributed by atoms with Crippen molar-refractivity contribution < 1.29 is 154 Å². The molecule has 6 rings (SSSR count). The summed E-state index contributed by atoms with van der Waals surface area (Å²) in [7, 11) is 8.58. The summed E-state index contributed by atoms with van der Waals surface area (Å²) in [5, 5.41) is 63.2. The van der Waals surface area contributed by atoms with Crippen LogP contribution in [-0.4, -0.2) is 198 Å². The molecular weight excluding hydrogens is 1760 g/mol. The van der Waals surface area contributed by atoms with E-state index >= 15 is 0 Å². The number of halogens is 1. The molecule has 132 heavy (non-hydrogen) atoms. The van der Waals surface area contributed by atoms with E-state index in [0.29, 0.717) is 118 Å². The van der Waals surface area contributed by atoms with Crippen LogP contribution in [0.5, 0.6) is 69.0 Å². The zero-order chi connectivity index (χ0) is 99.9. The van der Waals surface area contributed by atoms with Crippen molar-refractivity contribution in [2.75, 3.05) is 109 Å². The number of nitro benzene ring substituents is 4. The van der Waals surface area contributed by atoms with Gasteiger partial charge in [-0.3, -0.25) is 84.2 Å². The standard InChI is InChI=1S/C20H31N3O8.C15H20ClNO6.C15H21NO7.C15H19NO7.C15H20O5.C9H10O3/c1-7-29-18(24)9-8-10-30-17-12-15(23(26)27)14(11-16(17)28-6)13(2)21-22-19(25)31-20(3,4)5;1-4-22-15(18)6-5-7-23-14-9-12(17(19)20)11(10(2)16)8-13(14)21-3;2*1-4-22-15(18)6-5-7-23-14-9-12(16(19)20)11(10(2)17)8-13(14)21-3;1-4-19-15(17)6-5-9-20-13-8-7-12(11(2)16)10-14(13)18-3;1-6(10)7-3-4-8(11)9(5-7)12-2/h11-13,21H,7-10H2,1-6H3,(H,22,25);8-10H,4-7H2,1-3H3;8-10,17H,4-7H2,1-3H3;8-9H,4-7H2,1-3H3;7-8,10H,4-6,9H2,1-3H3;3-5,11H,1-2H3. The van der Waals surface area contributed by atoms with Crippen molar-refractivity contribution in [3.05, 3.63) is 159 Å². The van der Waals surface area contributed by atoms with E-state index in [0.717, 1.165) is 6.07 Å². The normalized spacial score (nSPS) is 11.0. The van der Waals surface area contributed by atoms with E-state index < -0.39 is 54.7 Å². The summed E-state index contributed by atoms with van der Waals surface area (Å²) in [5.41, 5.74) is 5.25. The lowest BCUT2D eigenvalue weighted by molar-refractivity contribution is -0.386. The summed E-state index contributed by atoms with van der Waals surface area (Å²) in [4.78, 5) is 144. The van der Waals surface area contributed by atoms with Crippen LogP contribution >= 0.6 is 11.6 Å². The van der Waals surface area contributed by atoms with E-state index in [1.165, 1.54) is 125 Å². The second-order valence-electron chi connectivity index (χ2n) is 28.2. The molecule has 6 aromatic carbocycles. The summed E-state index contributed by atoms with van der Waals surface area (Å²) >= 11 is 5.97. The van der Waals surface area contributed by atoms with Crippen LogP contribution in [0.4, 0.5) is 27.5 Å². The largest absolute Gasteiger partial charge is 0.504 e. The van der Waals surface area contributed by atoms with Gasteiger partial charge in [0.1, 0.15) is 5.60 Å². The molecule has 0 spiro atoms. The van der Waals surface area contributed by atoms with E-state index in [-0.39, 0.29) is 179 Å². The van der Waals surface area contributed by atoms with Crippen molar-refractivity contribution in [2.24, 2.45) is 0 Å². The average Bonchev–Trinajstić information content (AvgIpc) is 0.810. The second-order valence-corrected chi connectivity index (χ2v) is 28.9. The first kappa shape index (κ1) is 116. The van der Waals surface area contributed by atoms with Gasteiger partial charge in [0.05, 0.1) is 192 Å². The number of ether oxygens (including phenoxy) is 17. The number of phenolic OH excluding ortho intramolecular Hbond substituents is 1. The minimum Gasteiger partial charge on any atom is -0.504 e. The number of nitrogens with one attached hydrogen (secondary N) is 2. The number of Topliss-reactive ketones (excluding diaryl/α,β-unsaturated/α-hetero) is 3. The molecule has 1 amide bonds. The third-order valence-electron chi connectivity index (χ3n) is 17.1. The average molecular weight is 1890 g/mol. The third-order valence-corrected chi connectivity index (χ3v) is 17.4. The Morgan fingerprint density at radius 2 is 0.674 bits per heavy atom. The molecule has 0 radical (unpaired) electrons. The third kappa shape index (κ3) is 43.6. The van der Waals surface area contributed by atoms with Gasteiger partial charge in [-0.05, 0) is 184 Å². The summed E-state index contributed by atoms with van der Waals surface area (Å²) in [6, 6.07) is 19.4. The molecule has 0 fully saturated rings. The number of aliphatic hydroxyl groups is 1. The lowest BCUT2D eigenvalue weighted by Gasteiger charge is -2.22. The Kier molecular flexibility index (Phi) is 55.2. The second kappa shape index (κ2) is 62.6. The van der Waals surface area contributed by atoms with Crippen molar-refractivity contribution in [3.8, 4) is 69.0 Å². The summed E-state index contributed by atoms with van der Waals surface area (Å²) in [5.74, 6) is 1.27. The maximum atomic E-state index is 11.8. The Morgan fingerprint density at radius 3 is 0.977 bits per heavy atom. The van der Waals surface area contributed by atoms with E-state index in [4.69, 9.17) is 92.1 Å². The smallest absolute Gasteiger partial charge is 0.422 e. The molecule has 4 N–H and O–H groups in total. The van der Waals surface area contributed by atoms with E-state index in [1.54, 1.807) is 93.5 Å². The minimum absolute atomic E-state index is 0.0304. The topological polar surface area (TPSA) is 548 Å². The highest BCUT2D eigenvalue weighted by molar-refractivity contribution is 6.21. The number of aromatic hydroxyl groups is 1. The van der Waals surface area contributed by atoms with Gasteiger partial charge in [-0.15, -0.1) is 11.6 Å². The number of ketones is 3. The monoisotopic (exact) mass is 1880 g/mol. The van der Waals surface area contributed by atoms with Crippen LogP contribution in [0.2, 0.25) is 0 Å². The van der Waals surface area contributed by atoms with Gasteiger partial charge in [0.15, 0.2) is 86.3 Å². The molecule has 730 valence electrons. The molecule has 0 aromatic heterocycles. The fraction of sp³-hybridized carbons (Fsp3) is 0.494. The molecule has 43 heteroatoms. The van der Waals surface area contributed by atoms with Crippen LogP contribution in [0, 0.1) is 40.5 Å². The van der Waals surface area contributed by atoms with Crippen molar-refractivity contribution in [3.63, 3.8) is 0 Å². The van der Waals surface area contributed by atoms with Crippen LogP contribution < -0.4 is 63.0 Å². The minimum atomic E-state index is -1.01. The molecule has 42 nitrogen and oxygen atoms in total. The predicted octanol–water partition coefficient (Wildman–Crippen LogP) is 16.2. The van der Waals surface area contributed by atoms with E-state index in [9.17, 15) is 93.8 Å². The molecule has 0 bridgehead atoms. The van der Waals surface area contributed by atoms with Gasteiger partial charge in [-0.2, -0.15) is 0 Å². The van der Waals surface area contributed by atoms with Crippen LogP contribution in [-0.2, 0) is 52.4 Å². The Labute approximate surface area is 769 Å². The van der Waals surface area contributed by atoms with Gasteiger partial charge in [0, 0.05) is 49.3 Å². The number of hydrazine groups is 1. The molecule has 6 aromatic rings. The highest BCUT2D eigenvalue weighted by atomic mass is 35.5. The van der Waals surface area contributed by atoms with Crippen LogP contribution in [0.1, 0.15) is 226 Å². The van der Waals surface area contributed by atoms with E-state index in [2.05, 4.69) is 10.9 Å². The molecular formula is C89H121ClN6O36.